The molecule has 4 heterocycles. The van der Waals surface area contributed by atoms with Gasteiger partial charge in [0.15, 0.2) is 0 Å². The molecule has 8 heteroatoms. The Morgan fingerprint density at radius 2 is 0.684 bits per heavy atom. The number of hydrogen-bond acceptors (Lipinski definition) is 6. The lowest BCUT2D eigenvalue weighted by Crippen LogP contribution is -2.09. The smallest absolute Gasteiger partial charge is 0.145 e. The summed E-state index contributed by atoms with van der Waals surface area (Å²) in [7, 11) is 0. The van der Waals surface area contributed by atoms with Crippen molar-refractivity contribution in [1.29, 1.82) is 10.5 Å². The molecular weight excluding hydrogens is 933 g/mol. The molecule has 8 nitrogen and oxygen atoms in total. The first kappa shape index (κ1) is 42.8. The lowest BCUT2D eigenvalue weighted by atomic mass is 10.1. The minimum absolute atomic E-state index is 0.340. The van der Waals surface area contributed by atoms with Crippen molar-refractivity contribution in [3.63, 3.8) is 0 Å². The Morgan fingerprint density at radius 1 is 0.316 bits per heavy atom. The molecule has 4 aromatic heterocycles. The third-order valence-corrected chi connectivity index (χ3v) is 14.9. The van der Waals surface area contributed by atoms with E-state index in [0.29, 0.717) is 22.5 Å². The molecule has 0 N–H and O–H groups in total. The van der Waals surface area contributed by atoms with Crippen LogP contribution >= 0.6 is 0 Å². The summed E-state index contributed by atoms with van der Waals surface area (Å²) < 4.78 is 17.9. The van der Waals surface area contributed by atoms with Gasteiger partial charge in [-0.25, -0.2) is 0 Å². The monoisotopic (exact) mass is 972 g/mol. The van der Waals surface area contributed by atoms with Gasteiger partial charge in [-0.1, -0.05) is 109 Å². The molecule has 0 aliphatic rings. The maximum atomic E-state index is 11.5. The maximum absolute atomic E-state index is 11.5. The number of aromatic nitrogens is 2. The minimum Gasteiger partial charge on any atom is -0.455 e. The van der Waals surface area contributed by atoms with E-state index in [4.69, 9.17) is 8.83 Å². The number of nitriles is 2. The standard InChI is InChI=1S/C68H40N6O2/c69-41-43-37-51(73-58-33-29-49(71(45-17-5-1-6-18-45)46-19-7-2-8-20-46)39-56(58)64-60(73)35-31-54-52-25-13-15-27-62(52)75-67(54)64)38-44(42-70)66(43)74-59-34-30-50(72(47-21-9-3-10-22-47)48-23-11-4-12-24-48)40-57(59)65-61(74)36-32-55-53-26-14-16-28-63(53)76-68(55)65/h1-40H. The van der Waals surface area contributed by atoms with Crippen LogP contribution in [0.5, 0.6) is 0 Å². The summed E-state index contributed by atoms with van der Waals surface area (Å²) in [6.07, 6.45) is 0. The fourth-order valence-electron chi connectivity index (χ4n) is 11.7. The average molecular weight is 973 g/mol. The van der Waals surface area contributed by atoms with E-state index >= 15 is 0 Å². The van der Waals surface area contributed by atoms with E-state index in [0.717, 1.165) is 122 Å². The van der Waals surface area contributed by atoms with Crippen LogP contribution < -0.4 is 9.80 Å². The Morgan fingerprint density at radius 3 is 1.11 bits per heavy atom. The van der Waals surface area contributed by atoms with Gasteiger partial charge in [0.1, 0.15) is 34.5 Å². The minimum atomic E-state index is 0.340. The summed E-state index contributed by atoms with van der Waals surface area (Å²) in [5.74, 6) is 0. The van der Waals surface area contributed by atoms with Crippen molar-refractivity contribution >= 4 is 122 Å². The van der Waals surface area contributed by atoms with E-state index in [-0.39, 0.29) is 0 Å². The van der Waals surface area contributed by atoms with E-state index in [1.807, 2.05) is 97.1 Å². The van der Waals surface area contributed by atoms with Crippen molar-refractivity contribution < 1.29 is 8.83 Å². The number of furan rings is 2. The highest BCUT2D eigenvalue weighted by atomic mass is 16.3. The highest BCUT2D eigenvalue weighted by Crippen LogP contribution is 2.47. The van der Waals surface area contributed by atoms with E-state index in [1.54, 1.807) is 0 Å². The lowest BCUT2D eigenvalue weighted by Gasteiger charge is -2.25. The number of anilines is 6. The predicted octanol–water partition coefficient (Wildman–Crippen LogP) is 18.4. The van der Waals surface area contributed by atoms with Crippen LogP contribution in [-0.4, -0.2) is 9.13 Å². The number of nitrogens with zero attached hydrogens (tertiary/aromatic N) is 6. The quantitative estimate of drug-likeness (QED) is 0.151. The lowest BCUT2D eigenvalue weighted by molar-refractivity contribution is 0.672. The zero-order valence-electron chi connectivity index (χ0n) is 40.6. The van der Waals surface area contributed by atoms with Gasteiger partial charge in [0.05, 0.1) is 49.7 Å². The Hall–Kier alpha value is -10.8. The van der Waals surface area contributed by atoms with Gasteiger partial charge in [0.25, 0.3) is 0 Å². The van der Waals surface area contributed by atoms with Gasteiger partial charge >= 0.3 is 0 Å². The van der Waals surface area contributed by atoms with Crippen LogP contribution in [0.1, 0.15) is 11.1 Å². The van der Waals surface area contributed by atoms with Crippen LogP contribution in [-0.2, 0) is 0 Å². The van der Waals surface area contributed by atoms with Crippen LogP contribution in [0.25, 0.3) is 98.9 Å². The molecule has 354 valence electrons. The zero-order chi connectivity index (χ0) is 50.4. The first-order valence-corrected chi connectivity index (χ1v) is 25.2. The zero-order valence-corrected chi connectivity index (χ0v) is 40.6. The second kappa shape index (κ2) is 16.9. The molecule has 11 aromatic carbocycles. The highest BCUT2D eigenvalue weighted by molar-refractivity contribution is 6.26. The summed E-state index contributed by atoms with van der Waals surface area (Å²) in [6.45, 7) is 0. The molecule has 0 saturated carbocycles. The van der Waals surface area contributed by atoms with Crippen LogP contribution in [0, 0.1) is 22.7 Å². The molecule has 15 rings (SSSR count). The van der Waals surface area contributed by atoms with Gasteiger partial charge in [-0.15, -0.1) is 0 Å². The summed E-state index contributed by atoms with van der Waals surface area (Å²) in [4.78, 5) is 4.50. The van der Waals surface area contributed by atoms with Crippen molar-refractivity contribution in [2.75, 3.05) is 9.80 Å². The normalized spacial score (nSPS) is 11.7. The third kappa shape index (κ3) is 6.42. The Balaban J connectivity index is 0.991. The van der Waals surface area contributed by atoms with Gasteiger partial charge in [0, 0.05) is 72.1 Å². The first-order chi connectivity index (χ1) is 37.6. The molecule has 0 saturated heterocycles. The summed E-state index contributed by atoms with van der Waals surface area (Å²) in [6, 6.07) is 88.0. The summed E-state index contributed by atoms with van der Waals surface area (Å²) in [5.41, 5.74) is 14.3. The first-order valence-electron chi connectivity index (χ1n) is 25.2. The van der Waals surface area contributed by atoms with Crippen molar-refractivity contribution in [2.45, 2.75) is 0 Å². The SMILES string of the molecule is N#Cc1cc(-n2c3ccc(N(c4ccccc4)c4ccccc4)cc3c3c4oc5ccccc5c4ccc32)cc(C#N)c1-n1c2ccc(N(c3ccccc3)c3ccccc3)cc2c2c3oc4ccccc4c3ccc21. The molecule has 0 bridgehead atoms. The van der Waals surface area contributed by atoms with Crippen LogP contribution in [0.2, 0.25) is 0 Å². The molecule has 76 heavy (non-hydrogen) atoms. The molecule has 0 spiro atoms. The van der Waals surface area contributed by atoms with Gasteiger partial charge in [0.2, 0.25) is 0 Å². The number of benzene rings is 11. The highest BCUT2D eigenvalue weighted by Gasteiger charge is 2.27. The van der Waals surface area contributed by atoms with Crippen molar-refractivity contribution in [2.24, 2.45) is 0 Å². The largest absolute Gasteiger partial charge is 0.455 e. The van der Waals surface area contributed by atoms with E-state index in [2.05, 4.69) is 177 Å². The Labute approximate surface area is 435 Å². The van der Waals surface area contributed by atoms with Crippen LogP contribution in [0.15, 0.2) is 251 Å². The van der Waals surface area contributed by atoms with Crippen LogP contribution in [0.4, 0.5) is 34.1 Å². The van der Waals surface area contributed by atoms with Crippen molar-refractivity contribution in [3.05, 3.63) is 254 Å². The second-order valence-corrected chi connectivity index (χ2v) is 19.1. The van der Waals surface area contributed by atoms with Gasteiger partial charge in [-0.05, 0) is 133 Å². The molecule has 0 radical (unpaired) electrons. The molecule has 0 amide bonds. The number of fused-ring (bicyclic) bond motifs is 14. The molecule has 0 atom stereocenters. The van der Waals surface area contributed by atoms with Gasteiger partial charge < -0.3 is 27.8 Å². The topological polar surface area (TPSA) is 90.2 Å². The van der Waals surface area contributed by atoms with Crippen molar-refractivity contribution in [3.8, 4) is 23.5 Å². The molecule has 0 unspecified atom stereocenters. The molecule has 15 aromatic rings. The van der Waals surface area contributed by atoms with Crippen molar-refractivity contribution in [1.82, 2.24) is 9.13 Å². The van der Waals surface area contributed by atoms with Crippen LogP contribution in [0.3, 0.4) is 0 Å². The van der Waals surface area contributed by atoms with E-state index in [1.165, 1.54) is 0 Å². The predicted molar refractivity (Wildman–Crippen MR) is 308 cm³/mol. The average Bonchev–Trinajstić information content (AvgIpc) is 4.26. The summed E-state index contributed by atoms with van der Waals surface area (Å²) in [5, 5.41) is 30.7. The maximum Gasteiger partial charge on any atom is 0.145 e. The molecular formula is C68H40N6O2. The third-order valence-electron chi connectivity index (χ3n) is 14.9. The van der Waals surface area contributed by atoms with Gasteiger partial charge in [-0.3, -0.25) is 0 Å². The number of hydrogen-bond donors (Lipinski definition) is 0. The van der Waals surface area contributed by atoms with E-state index < -0.39 is 0 Å². The Bertz CT molecular complexity index is 4790. The molecule has 0 aliphatic carbocycles. The molecule has 0 fully saturated rings. The second-order valence-electron chi connectivity index (χ2n) is 19.1. The van der Waals surface area contributed by atoms with Gasteiger partial charge in [-0.2, -0.15) is 10.5 Å². The summed E-state index contributed by atoms with van der Waals surface area (Å²) >= 11 is 0. The Kier molecular flexibility index (Phi) is 9.52. The van der Waals surface area contributed by atoms with E-state index in [9.17, 15) is 10.5 Å². The number of para-hydroxylation sites is 6. The molecule has 0 aliphatic heterocycles. The fraction of sp³-hybridized carbons (Fsp3) is 0. The number of rotatable bonds is 8. The fourth-order valence-corrected chi connectivity index (χ4v) is 11.7.